The Hall–Kier alpha value is -0.650. The van der Waals surface area contributed by atoms with Crippen molar-refractivity contribution in [2.75, 3.05) is 26.3 Å². The average molecular weight is 270 g/mol. The van der Waals surface area contributed by atoms with E-state index in [-0.39, 0.29) is 30.6 Å². The number of hydrogen-bond donors (Lipinski definition) is 2. The Morgan fingerprint density at radius 2 is 2.26 bits per heavy atom. The van der Waals surface area contributed by atoms with Gasteiger partial charge in [0.05, 0.1) is 25.4 Å². The van der Waals surface area contributed by atoms with Gasteiger partial charge >= 0.3 is 0 Å². The van der Waals surface area contributed by atoms with Crippen molar-refractivity contribution in [2.24, 2.45) is 17.6 Å². The summed E-state index contributed by atoms with van der Waals surface area (Å²) < 4.78 is 5.49. The van der Waals surface area contributed by atoms with Crippen LogP contribution in [0.5, 0.6) is 0 Å². The summed E-state index contributed by atoms with van der Waals surface area (Å²) >= 11 is 0. The van der Waals surface area contributed by atoms with E-state index in [4.69, 9.17) is 10.5 Å². The summed E-state index contributed by atoms with van der Waals surface area (Å²) in [6, 6.07) is 0.105. The number of aliphatic hydroxyl groups excluding tert-OH is 1. The number of nitrogens with two attached hydrogens (primary N) is 1. The van der Waals surface area contributed by atoms with Crippen molar-refractivity contribution in [3.63, 3.8) is 0 Å². The van der Waals surface area contributed by atoms with E-state index >= 15 is 0 Å². The summed E-state index contributed by atoms with van der Waals surface area (Å²) in [6.07, 6.45) is 3.92. The highest BCUT2D eigenvalue weighted by molar-refractivity contribution is 5.79. The van der Waals surface area contributed by atoms with Crippen molar-refractivity contribution < 1.29 is 14.6 Å². The maximum absolute atomic E-state index is 12.6. The fraction of sp³-hybridized carbons (Fsp3) is 0.929. The number of hydrogen-bond acceptors (Lipinski definition) is 4. The number of carbonyl (C=O) groups excluding carboxylic acids is 1. The van der Waals surface area contributed by atoms with Crippen molar-refractivity contribution in [3.05, 3.63) is 0 Å². The molecule has 1 saturated carbocycles. The fourth-order valence-corrected chi connectivity index (χ4v) is 3.20. The normalized spacial score (nSPS) is 36.3. The van der Waals surface area contributed by atoms with Crippen LogP contribution in [0.1, 0.15) is 32.6 Å². The summed E-state index contributed by atoms with van der Waals surface area (Å²) in [6.45, 7) is 3.70. The highest BCUT2D eigenvalue weighted by atomic mass is 16.5. The molecule has 1 amide bonds. The van der Waals surface area contributed by atoms with Gasteiger partial charge in [0.2, 0.25) is 5.91 Å². The molecule has 1 saturated heterocycles. The van der Waals surface area contributed by atoms with Crippen LogP contribution in [0.2, 0.25) is 0 Å². The predicted octanol–water partition coefficient (Wildman–Crippen LogP) is 0.360. The van der Waals surface area contributed by atoms with Gasteiger partial charge in [0.15, 0.2) is 0 Å². The van der Waals surface area contributed by atoms with Crippen LogP contribution in [-0.2, 0) is 9.53 Å². The van der Waals surface area contributed by atoms with Crippen molar-refractivity contribution in [2.45, 2.75) is 44.8 Å². The molecule has 3 N–H and O–H groups in total. The topological polar surface area (TPSA) is 75.8 Å². The molecular weight excluding hydrogens is 244 g/mol. The van der Waals surface area contributed by atoms with Gasteiger partial charge in [-0.15, -0.1) is 0 Å². The molecule has 1 aliphatic carbocycles. The zero-order valence-corrected chi connectivity index (χ0v) is 11.8. The summed E-state index contributed by atoms with van der Waals surface area (Å²) in [5, 5.41) is 9.19. The van der Waals surface area contributed by atoms with E-state index in [0.717, 1.165) is 25.7 Å². The maximum atomic E-state index is 12.6. The summed E-state index contributed by atoms with van der Waals surface area (Å²) in [5.74, 6) is 0.835. The van der Waals surface area contributed by atoms with E-state index in [2.05, 4.69) is 0 Å². The average Bonchev–Trinajstić information content (AvgIpc) is 2.47. The quantitative estimate of drug-likeness (QED) is 0.776. The Labute approximate surface area is 115 Å². The van der Waals surface area contributed by atoms with Gasteiger partial charge in [-0.3, -0.25) is 4.79 Å². The third-order valence-corrected chi connectivity index (χ3v) is 4.46. The number of nitrogens with zero attached hydrogens (tertiary/aromatic N) is 1. The van der Waals surface area contributed by atoms with E-state index in [1.54, 1.807) is 0 Å². The first-order chi connectivity index (χ1) is 9.15. The van der Waals surface area contributed by atoms with E-state index in [1.807, 2.05) is 11.8 Å². The lowest BCUT2D eigenvalue weighted by atomic mass is 9.80. The lowest BCUT2D eigenvalue weighted by molar-refractivity contribution is -0.151. The van der Waals surface area contributed by atoms with Crippen LogP contribution in [0, 0.1) is 11.8 Å². The molecule has 5 heteroatoms. The van der Waals surface area contributed by atoms with E-state index in [0.29, 0.717) is 25.6 Å². The molecule has 0 aromatic rings. The SMILES string of the molecule is CC1COC(CO)CN1C(=O)C1CCCC(CN)C1. The lowest BCUT2D eigenvalue weighted by Crippen LogP contribution is -2.54. The van der Waals surface area contributed by atoms with Crippen LogP contribution in [0.3, 0.4) is 0 Å². The maximum Gasteiger partial charge on any atom is 0.226 e. The monoisotopic (exact) mass is 270 g/mol. The minimum absolute atomic E-state index is 0.0212. The molecule has 0 bridgehead atoms. The third-order valence-electron chi connectivity index (χ3n) is 4.46. The molecule has 4 atom stereocenters. The van der Waals surface area contributed by atoms with Crippen molar-refractivity contribution in [1.82, 2.24) is 4.90 Å². The van der Waals surface area contributed by atoms with Gasteiger partial charge in [0.1, 0.15) is 0 Å². The first kappa shape index (κ1) is 14.8. The first-order valence-corrected chi connectivity index (χ1v) is 7.38. The van der Waals surface area contributed by atoms with Crippen LogP contribution in [-0.4, -0.2) is 54.4 Å². The standard InChI is InChI=1S/C14H26N2O3/c1-10-9-19-13(8-17)7-16(10)14(18)12-4-2-3-11(5-12)6-15/h10-13,17H,2-9,15H2,1H3. The van der Waals surface area contributed by atoms with Crippen LogP contribution >= 0.6 is 0 Å². The van der Waals surface area contributed by atoms with Crippen molar-refractivity contribution in [1.29, 1.82) is 0 Å². The largest absolute Gasteiger partial charge is 0.394 e. The van der Waals surface area contributed by atoms with E-state index < -0.39 is 0 Å². The van der Waals surface area contributed by atoms with Crippen LogP contribution < -0.4 is 5.73 Å². The molecule has 110 valence electrons. The second kappa shape index (κ2) is 6.68. The summed E-state index contributed by atoms with van der Waals surface area (Å²) in [4.78, 5) is 14.5. The van der Waals surface area contributed by atoms with Crippen LogP contribution in [0.4, 0.5) is 0 Å². The number of ether oxygens (including phenoxy) is 1. The van der Waals surface area contributed by atoms with Gasteiger partial charge in [-0.2, -0.15) is 0 Å². The molecule has 2 aliphatic rings. The highest BCUT2D eigenvalue weighted by Gasteiger charge is 2.35. The molecular formula is C14H26N2O3. The molecule has 2 fully saturated rings. The van der Waals surface area contributed by atoms with E-state index in [9.17, 15) is 9.90 Å². The van der Waals surface area contributed by atoms with E-state index in [1.165, 1.54) is 0 Å². The Morgan fingerprint density at radius 1 is 1.47 bits per heavy atom. The zero-order valence-electron chi connectivity index (χ0n) is 11.8. The molecule has 2 rings (SSSR count). The smallest absolute Gasteiger partial charge is 0.226 e. The first-order valence-electron chi connectivity index (χ1n) is 7.38. The van der Waals surface area contributed by atoms with Gasteiger partial charge in [0, 0.05) is 12.5 Å². The molecule has 0 aromatic heterocycles. The Morgan fingerprint density at radius 3 is 2.95 bits per heavy atom. The van der Waals surface area contributed by atoms with Gasteiger partial charge in [-0.25, -0.2) is 0 Å². The molecule has 1 heterocycles. The van der Waals surface area contributed by atoms with Crippen molar-refractivity contribution >= 4 is 5.91 Å². The van der Waals surface area contributed by atoms with Gasteiger partial charge in [-0.05, 0) is 38.6 Å². The molecule has 19 heavy (non-hydrogen) atoms. The van der Waals surface area contributed by atoms with Gasteiger partial charge < -0.3 is 20.5 Å². The number of amides is 1. The van der Waals surface area contributed by atoms with Gasteiger partial charge in [-0.1, -0.05) is 6.42 Å². The van der Waals surface area contributed by atoms with Crippen LogP contribution in [0.15, 0.2) is 0 Å². The molecule has 0 spiro atoms. The lowest BCUT2D eigenvalue weighted by Gasteiger charge is -2.40. The highest BCUT2D eigenvalue weighted by Crippen LogP contribution is 2.30. The second-order valence-electron chi connectivity index (χ2n) is 5.94. The van der Waals surface area contributed by atoms with Crippen molar-refractivity contribution in [3.8, 4) is 0 Å². The minimum atomic E-state index is -0.228. The summed E-state index contributed by atoms with van der Waals surface area (Å²) in [5.41, 5.74) is 5.74. The molecule has 1 aliphatic heterocycles. The predicted molar refractivity (Wildman–Crippen MR) is 72.5 cm³/mol. The molecule has 5 nitrogen and oxygen atoms in total. The Kier molecular flexibility index (Phi) is 5.19. The fourth-order valence-electron chi connectivity index (χ4n) is 3.20. The Balaban J connectivity index is 1.97. The number of rotatable bonds is 3. The number of morpholine rings is 1. The Bertz CT molecular complexity index is 311. The minimum Gasteiger partial charge on any atom is -0.394 e. The van der Waals surface area contributed by atoms with Gasteiger partial charge in [0.25, 0.3) is 0 Å². The molecule has 4 unspecified atom stereocenters. The second-order valence-corrected chi connectivity index (χ2v) is 5.94. The molecule has 0 radical (unpaired) electrons. The molecule has 0 aromatic carbocycles. The third kappa shape index (κ3) is 3.46. The summed E-state index contributed by atoms with van der Waals surface area (Å²) in [7, 11) is 0. The number of aliphatic hydroxyl groups is 1. The van der Waals surface area contributed by atoms with Crippen LogP contribution in [0.25, 0.3) is 0 Å². The number of carbonyl (C=O) groups is 1. The zero-order chi connectivity index (χ0) is 13.8.